The van der Waals surface area contributed by atoms with Gasteiger partial charge in [-0.05, 0) is 44.7 Å². The Balaban J connectivity index is 0.000000621. The monoisotopic (exact) mass is 464 g/mol. The lowest BCUT2D eigenvalue weighted by Crippen LogP contribution is -2.39. The van der Waals surface area contributed by atoms with Crippen LogP contribution in [-0.2, 0) is 9.78 Å². The number of benzene rings is 1. The number of quaternary nitrogens is 1. The second-order valence-electron chi connectivity index (χ2n) is 9.81. The first-order valence-corrected chi connectivity index (χ1v) is 13.6. The van der Waals surface area contributed by atoms with Crippen LogP contribution >= 0.6 is 0 Å². The summed E-state index contributed by atoms with van der Waals surface area (Å²) < 4.78 is 1.19. The third-order valence-electron chi connectivity index (χ3n) is 6.31. The largest absolute Gasteiger partial charge is 0.373 e. The highest BCUT2D eigenvalue weighted by Crippen LogP contribution is 2.12. The first-order valence-electron chi connectivity index (χ1n) is 13.6. The summed E-state index contributed by atoms with van der Waals surface area (Å²) in [5.74, 6) is -0.435. The number of hydrogen-bond donors (Lipinski definition) is 0. The van der Waals surface area contributed by atoms with Gasteiger partial charge in [-0.25, -0.2) is 4.79 Å². The summed E-state index contributed by atoms with van der Waals surface area (Å²) in [6.45, 7) is 11.3. The molecule has 0 saturated heterocycles. The average Bonchev–Trinajstić information content (AvgIpc) is 2.83. The fraction of sp³-hybridized carbons (Fsp3) is 0.759. The molecule has 192 valence electrons. The Kier molecular flexibility index (Phi) is 20.3. The summed E-state index contributed by atoms with van der Waals surface area (Å²) in [6, 6.07) is 8.84. The van der Waals surface area contributed by atoms with E-state index in [4.69, 9.17) is 9.78 Å². The number of nitrogens with zero attached hydrogens (tertiary/aromatic N) is 1. The van der Waals surface area contributed by atoms with Gasteiger partial charge in [0.25, 0.3) is 0 Å². The molecule has 0 aromatic heterocycles. The molecule has 1 rings (SSSR count). The zero-order chi connectivity index (χ0) is 24.8. The fourth-order valence-electron chi connectivity index (χ4n) is 3.56. The number of rotatable bonds is 18. The van der Waals surface area contributed by atoms with E-state index in [0.29, 0.717) is 5.56 Å². The molecule has 1 aromatic carbocycles. The van der Waals surface area contributed by atoms with Crippen LogP contribution in [-0.4, -0.2) is 43.7 Å². The van der Waals surface area contributed by atoms with Gasteiger partial charge in [0.15, 0.2) is 0 Å². The van der Waals surface area contributed by atoms with Crippen LogP contribution in [0.4, 0.5) is 0 Å². The first-order chi connectivity index (χ1) is 15.9. The summed E-state index contributed by atoms with van der Waals surface area (Å²) in [5.41, 5.74) is 0.508. The molecule has 0 fully saturated rings. The summed E-state index contributed by atoms with van der Waals surface area (Å²) in [5, 5.41) is 0. The van der Waals surface area contributed by atoms with Crippen LogP contribution in [0.15, 0.2) is 30.3 Å². The molecule has 0 saturated carbocycles. The maximum Gasteiger partial charge on any atom is 0.373 e. The normalized spacial score (nSPS) is 12.1. The van der Waals surface area contributed by atoms with Gasteiger partial charge in [-0.2, -0.15) is 4.89 Å². The van der Waals surface area contributed by atoms with Crippen molar-refractivity contribution in [1.29, 1.82) is 0 Å². The minimum atomic E-state index is -0.435. The SMILES string of the molecule is CCCC(CC)OOC(=O)c1ccccc1.CCCCCCCCCCCC[N+](C)(C)CC. The van der Waals surface area contributed by atoms with E-state index in [1.165, 1.54) is 81.8 Å². The molecule has 1 aromatic rings. The number of hydrogen-bond acceptors (Lipinski definition) is 3. The smallest absolute Gasteiger partial charge is 0.329 e. The van der Waals surface area contributed by atoms with Gasteiger partial charge < -0.3 is 4.48 Å². The second-order valence-corrected chi connectivity index (χ2v) is 9.81. The van der Waals surface area contributed by atoms with E-state index in [1.54, 1.807) is 24.3 Å². The minimum absolute atomic E-state index is 0.00216. The van der Waals surface area contributed by atoms with Crippen molar-refractivity contribution in [2.24, 2.45) is 0 Å². The summed E-state index contributed by atoms with van der Waals surface area (Å²) in [4.78, 5) is 21.4. The Morgan fingerprint density at radius 3 is 1.82 bits per heavy atom. The molecule has 1 unspecified atom stereocenters. The highest BCUT2D eigenvalue weighted by Gasteiger charge is 2.12. The Morgan fingerprint density at radius 2 is 1.33 bits per heavy atom. The molecule has 0 aliphatic rings. The van der Waals surface area contributed by atoms with E-state index in [2.05, 4.69) is 34.9 Å². The number of carbonyl (C=O) groups is 1. The van der Waals surface area contributed by atoms with Crippen LogP contribution in [0.2, 0.25) is 0 Å². The maximum atomic E-state index is 11.5. The van der Waals surface area contributed by atoms with Crippen molar-refractivity contribution in [1.82, 2.24) is 0 Å². The van der Waals surface area contributed by atoms with Crippen LogP contribution in [0.3, 0.4) is 0 Å². The topological polar surface area (TPSA) is 35.5 Å². The molecule has 0 N–H and O–H groups in total. The predicted octanol–water partition coefficient (Wildman–Crippen LogP) is 8.36. The van der Waals surface area contributed by atoms with Gasteiger partial charge in [-0.1, -0.05) is 96.8 Å². The molecule has 4 heteroatoms. The summed E-state index contributed by atoms with van der Waals surface area (Å²) in [6.07, 6.45) is 17.2. The van der Waals surface area contributed by atoms with Gasteiger partial charge in [0.1, 0.15) is 6.10 Å². The maximum absolute atomic E-state index is 11.5. The molecular weight excluding hydrogens is 410 g/mol. The highest BCUT2D eigenvalue weighted by atomic mass is 17.2. The van der Waals surface area contributed by atoms with E-state index in [9.17, 15) is 4.79 Å². The van der Waals surface area contributed by atoms with Crippen LogP contribution in [0.25, 0.3) is 0 Å². The molecule has 0 amide bonds. The van der Waals surface area contributed by atoms with Gasteiger partial charge in [-0.3, -0.25) is 4.89 Å². The molecule has 4 nitrogen and oxygen atoms in total. The Morgan fingerprint density at radius 1 is 0.788 bits per heavy atom. The van der Waals surface area contributed by atoms with E-state index in [1.807, 2.05) is 13.0 Å². The Hall–Kier alpha value is -1.39. The number of carbonyl (C=O) groups excluding carboxylic acids is 1. The lowest BCUT2D eigenvalue weighted by Gasteiger charge is -2.28. The predicted molar refractivity (Wildman–Crippen MR) is 141 cm³/mol. The summed E-state index contributed by atoms with van der Waals surface area (Å²) >= 11 is 0. The molecule has 0 heterocycles. The van der Waals surface area contributed by atoms with Crippen molar-refractivity contribution in [2.45, 2.75) is 117 Å². The van der Waals surface area contributed by atoms with Gasteiger partial charge in [0, 0.05) is 0 Å². The molecule has 0 radical (unpaired) electrons. The van der Waals surface area contributed by atoms with Crippen molar-refractivity contribution in [3.63, 3.8) is 0 Å². The fourth-order valence-corrected chi connectivity index (χ4v) is 3.56. The standard InChI is InChI=1S/C16H36N.C13H18O3/c1-5-7-8-9-10-11-12-13-14-15-16-17(3,4)6-2;1-3-8-12(4-2)15-16-13(14)11-9-6-5-7-10-11/h5-16H2,1-4H3;5-7,9-10,12H,3-4,8H2,1-2H3/q+1;. The second kappa shape index (κ2) is 21.2. The zero-order valence-electron chi connectivity index (χ0n) is 22.7. The van der Waals surface area contributed by atoms with Crippen LogP contribution in [0.5, 0.6) is 0 Å². The van der Waals surface area contributed by atoms with Crippen molar-refractivity contribution in [3.05, 3.63) is 35.9 Å². The van der Waals surface area contributed by atoms with E-state index < -0.39 is 5.97 Å². The van der Waals surface area contributed by atoms with Gasteiger partial charge >= 0.3 is 5.97 Å². The summed E-state index contributed by atoms with van der Waals surface area (Å²) in [7, 11) is 4.68. The lowest BCUT2D eigenvalue weighted by molar-refractivity contribution is -0.888. The third kappa shape index (κ3) is 18.7. The zero-order valence-corrected chi connectivity index (χ0v) is 22.7. The molecule has 33 heavy (non-hydrogen) atoms. The lowest BCUT2D eigenvalue weighted by atomic mass is 10.1. The van der Waals surface area contributed by atoms with Crippen molar-refractivity contribution in [2.75, 3.05) is 27.2 Å². The molecular formula is C29H54NO3+. The van der Waals surface area contributed by atoms with Crippen molar-refractivity contribution >= 4 is 5.97 Å². The van der Waals surface area contributed by atoms with Crippen molar-refractivity contribution in [3.8, 4) is 0 Å². The Bertz CT molecular complexity index is 559. The third-order valence-corrected chi connectivity index (χ3v) is 6.31. The molecule has 0 aliphatic heterocycles. The van der Waals surface area contributed by atoms with E-state index in [0.717, 1.165) is 19.3 Å². The van der Waals surface area contributed by atoms with Gasteiger partial charge in [-0.15, -0.1) is 0 Å². The molecule has 0 aliphatic carbocycles. The Labute approximate surface area is 205 Å². The highest BCUT2D eigenvalue weighted by molar-refractivity contribution is 5.88. The average molecular weight is 465 g/mol. The quantitative estimate of drug-likeness (QED) is 0.0947. The first kappa shape index (κ1) is 31.6. The minimum Gasteiger partial charge on any atom is -0.329 e. The van der Waals surface area contributed by atoms with Crippen LogP contribution < -0.4 is 0 Å². The molecule has 0 spiro atoms. The van der Waals surface area contributed by atoms with E-state index >= 15 is 0 Å². The molecule has 1 atom stereocenters. The van der Waals surface area contributed by atoms with Crippen molar-refractivity contribution < 1.29 is 19.1 Å². The van der Waals surface area contributed by atoms with Crippen LogP contribution in [0.1, 0.15) is 122 Å². The molecule has 0 bridgehead atoms. The van der Waals surface area contributed by atoms with E-state index in [-0.39, 0.29) is 6.10 Å². The van der Waals surface area contributed by atoms with Gasteiger partial charge in [0.2, 0.25) is 0 Å². The van der Waals surface area contributed by atoms with Gasteiger partial charge in [0.05, 0.1) is 32.7 Å². The number of unbranched alkanes of at least 4 members (excludes halogenated alkanes) is 9. The van der Waals surface area contributed by atoms with Crippen LogP contribution in [0, 0.1) is 0 Å².